The summed E-state index contributed by atoms with van der Waals surface area (Å²) in [7, 11) is 0. The molecule has 0 aliphatic carbocycles. The summed E-state index contributed by atoms with van der Waals surface area (Å²) in [5.41, 5.74) is 21.5. The average Bonchev–Trinajstić information content (AvgIpc) is 3.31. The van der Waals surface area contributed by atoms with Gasteiger partial charge < -0.3 is 20.3 Å². The van der Waals surface area contributed by atoms with Crippen LogP contribution in [-0.2, 0) is 0 Å². The Kier molecular flexibility index (Phi) is 2.75. The molecule has 142 valence electrons. The Morgan fingerprint density at radius 3 is 1.63 bits per heavy atom. The Labute approximate surface area is 171 Å². The van der Waals surface area contributed by atoms with Crippen molar-refractivity contribution in [1.82, 2.24) is 8.80 Å². The lowest BCUT2D eigenvalue weighted by Crippen LogP contribution is -1.99. The smallest absolute Gasteiger partial charge is 0.0811 e. The number of nitrogens with zero attached hydrogens (tertiary/aromatic N) is 2. The zero-order chi connectivity index (χ0) is 20.0. The predicted octanol–water partition coefficient (Wildman–Crippen LogP) is 5.75. The molecule has 0 unspecified atom stereocenters. The molecule has 0 amide bonds. The lowest BCUT2D eigenvalue weighted by Gasteiger charge is -2.13. The van der Waals surface area contributed by atoms with Crippen LogP contribution in [0.4, 0.5) is 5.69 Å². The molecular weight excluding hydrogens is 368 g/mol. The van der Waals surface area contributed by atoms with Crippen LogP contribution in [0.2, 0.25) is 0 Å². The minimum absolute atomic E-state index is 0.774. The molecule has 0 spiro atoms. The van der Waals surface area contributed by atoms with Crippen molar-refractivity contribution in [2.45, 2.75) is 0 Å². The van der Waals surface area contributed by atoms with Crippen LogP contribution in [0.25, 0.3) is 60.7 Å². The minimum Gasteiger partial charge on any atom is -0.405 e. The Morgan fingerprint density at radius 2 is 1.07 bits per heavy atom. The van der Waals surface area contributed by atoms with E-state index in [2.05, 4.69) is 81.6 Å². The molecule has 0 aliphatic rings. The Morgan fingerprint density at radius 1 is 0.600 bits per heavy atom. The van der Waals surface area contributed by atoms with Crippen LogP contribution < -0.4 is 11.5 Å². The van der Waals surface area contributed by atoms with E-state index in [0.29, 0.717) is 0 Å². The van der Waals surface area contributed by atoms with Crippen molar-refractivity contribution >= 4 is 66.4 Å². The summed E-state index contributed by atoms with van der Waals surface area (Å²) in [5, 5.41) is 4.58. The first-order valence-electron chi connectivity index (χ1n) is 10.1. The second-order valence-electron chi connectivity index (χ2n) is 7.83. The van der Waals surface area contributed by atoms with Gasteiger partial charge in [0.15, 0.2) is 0 Å². The first kappa shape index (κ1) is 15.7. The van der Waals surface area contributed by atoms with Crippen molar-refractivity contribution in [2.75, 3.05) is 5.73 Å². The number of aromatic nitrogens is 2. The highest BCUT2D eigenvalue weighted by atomic mass is 15.0. The SMILES string of the molecule is N/C=C\c1c(N)c2c3ccccc3n3c4ccccc4n4c5ccccc5c1c4c23. The summed E-state index contributed by atoms with van der Waals surface area (Å²) in [6, 6.07) is 25.6. The van der Waals surface area contributed by atoms with Crippen LogP contribution in [0.3, 0.4) is 0 Å². The molecule has 0 fully saturated rings. The highest BCUT2D eigenvalue weighted by molar-refractivity contribution is 6.31. The first-order valence-corrected chi connectivity index (χ1v) is 10.1. The number of para-hydroxylation sites is 4. The number of anilines is 1. The van der Waals surface area contributed by atoms with Gasteiger partial charge >= 0.3 is 0 Å². The first-order chi connectivity index (χ1) is 14.8. The summed E-state index contributed by atoms with van der Waals surface area (Å²) in [6.45, 7) is 0. The fourth-order valence-corrected chi connectivity index (χ4v) is 5.36. The van der Waals surface area contributed by atoms with Gasteiger partial charge in [-0.2, -0.15) is 0 Å². The second-order valence-corrected chi connectivity index (χ2v) is 7.83. The molecule has 0 saturated heterocycles. The van der Waals surface area contributed by atoms with Crippen molar-refractivity contribution in [3.63, 3.8) is 0 Å². The predicted molar refractivity (Wildman–Crippen MR) is 127 cm³/mol. The van der Waals surface area contributed by atoms with Gasteiger partial charge in [-0.15, -0.1) is 0 Å². The molecule has 3 aromatic heterocycles. The van der Waals surface area contributed by atoms with Gasteiger partial charge in [-0.1, -0.05) is 48.5 Å². The second kappa shape index (κ2) is 5.24. The molecule has 7 aromatic rings. The van der Waals surface area contributed by atoms with Crippen molar-refractivity contribution in [3.05, 3.63) is 84.6 Å². The monoisotopic (exact) mass is 386 g/mol. The summed E-state index contributed by atoms with van der Waals surface area (Å²) in [4.78, 5) is 0. The zero-order valence-electron chi connectivity index (χ0n) is 16.1. The van der Waals surface area contributed by atoms with Gasteiger partial charge in [0.1, 0.15) is 0 Å². The topological polar surface area (TPSA) is 60.9 Å². The Balaban J connectivity index is 2.03. The van der Waals surface area contributed by atoms with Crippen LogP contribution in [-0.4, -0.2) is 8.80 Å². The number of rotatable bonds is 1. The number of hydrogen-bond donors (Lipinski definition) is 2. The lowest BCUT2D eigenvalue weighted by atomic mass is 9.99. The molecule has 4 aromatic carbocycles. The van der Waals surface area contributed by atoms with Gasteiger partial charge in [0.05, 0.1) is 33.1 Å². The van der Waals surface area contributed by atoms with Crippen LogP contribution in [0.5, 0.6) is 0 Å². The van der Waals surface area contributed by atoms with Crippen molar-refractivity contribution in [2.24, 2.45) is 5.73 Å². The van der Waals surface area contributed by atoms with Gasteiger partial charge in [-0.3, -0.25) is 0 Å². The van der Waals surface area contributed by atoms with Crippen LogP contribution in [0.1, 0.15) is 5.56 Å². The van der Waals surface area contributed by atoms with E-state index in [9.17, 15) is 0 Å². The highest BCUT2D eigenvalue weighted by Crippen LogP contribution is 2.46. The van der Waals surface area contributed by atoms with Gasteiger partial charge in [-0.05, 0) is 36.5 Å². The zero-order valence-corrected chi connectivity index (χ0v) is 16.1. The third-order valence-electron chi connectivity index (χ3n) is 6.43. The van der Waals surface area contributed by atoms with E-state index in [4.69, 9.17) is 11.5 Å². The van der Waals surface area contributed by atoms with E-state index >= 15 is 0 Å². The molecule has 0 saturated carbocycles. The summed E-state index contributed by atoms with van der Waals surface area (Å²) < 4.78 is 4.75. The van der Waals surface area contributed by atoms with Crippen molar-refractivity contribution < 1.29 is 0 Å². The molecule has 4 nitrogen and oxygen atoms in total. The molecule has 30 heavy (non-hydrogen) atoms. The Hall–Kier alpha value is -4.18. The summed E-state index contributed by atoms with van der Waals surface area (Å²) in [6.07, 6.45) is 3.52. The van der Waals surface area contributed by atoms with Crippen LogP contribution in [0, 0.1) is 0 Å². The van der Waals surface area contributed by atoms with Gasteiger partial charge in [-0.25, -0.2) is 0 Å². The maximum atomic E-state index is 6.87. The lowest BCUT2D eigenvalue weighted by molar-refractivity contribution is 1.25. The van der Waals surface area contributed by atoms with E-state index in [1.165, 1.54) is 33.0 Å². The summed E-state index contributed by atoms with van der Waals surface area (Å²) >= 11 is 0. The minimum atomic E-state index is 0.774. The average molecular weight is 386 g/mol. The molecule has 0 radical (unpaired) electrons. The number of nitrogen functional groups attached to an aromatic ring is 1. The summed E-state index contributed by atoms with van der Waals surface area (Å²) in [5.74, 6) is 0. The standard InChI is InChI=1S/C26H18N4/c27-14-13-17-22-15-7-1-3-9-18(15)29-20-11-5-6-12-21(20)30-19-10-4-2-8-16(19)23(24(17)28)26(30)25(22)29/h1-14H,27-28H2/b14-13-. The van der Waals surface area contributed by atoms with Gasteiger partial charge in [0.2, 0.25) is 0 Å². The highest BCUT2D eigenvalue weighted by Gasteiger charge is 2.25. The normalized spacial score (nSPS) is 12.8. The fraction of sp³-hybridized carbons (Fsp3) is 0. The van der Waals surface area contributed by atoms with E-state index in [0.717, 1.165) is 32.9 Å². The van der Waals surface area contributed by atoms with E-state index in [1.54, 1.807) is 6.20 Å². The number of hydrogen-bond acceptors (Lipinski definition) is 2. The van der Waals surface area contributed by atoms with E-state index in [-0.39, 0.29) is 0 Å². The molecule has 7 rings (SSSR count). The number of nitrogens with two attached hydrogens (primary N) is 2. The molecule has 3 heterocycles. The quantitative estimate of drug-likeness (QED) is 0.279. The van der Waals surface area contributed by atoms with Crippen molar-refractivity contribution in [1.29, 1.82) is 0 Å². The number of benzene rings is 4. The maximum Gasteiger partial charge on any atom is 0.0811 e. The molecular formula is C26H18N4. The third-order valence-corrected chi connectivity index (χ3v) is 6.43. The molecule has 0 aliphatic heterocycles. The molecule has 0 atom stereocenters. The van der Waals surface area contributed by atoms with E-state index < -0.39 is 0 Å². The fourth-order valence-electron chi connectivity index (χ4n) is 5.36. The third kappa shape index (κ3) is 1.61. The van der Waals surface area contributed by atoms with E-state index in [1.807, 2.05) is 6.08 Å². The number of fused-ring (bicyclic) bond motifs is 9. The van der Waals surface area contributed by atoms with Crippen molar-refractivity contribution in [3.8, 4) is 0 Å². The molecule has 4 N–H and O–H groups in total. The van der Waals surface area contributed by atoms with Crippen LogP contribution in [0.15, 0.2) is 79.0 Å². The van der Waals surface area contributed by atoms with Gasteiger partial charge in [0.25, 0.3) is 0 Å². The maximum absolute atomic E-state index is 6.87. The Bertz CT molecular complexity index is 1810. The largest absolute Gasteiger partial charge is 0.405 e. The molecule has 0 bridgehead atoms. The molecule has 4 heteroatoms. The van der Waals surface area contributed by atoms with Gasteiger partial charge in [0, 0.05) is 32.8 Å². The van der Waals surface area contributed by atoms with Crippen LogP contribution >= 0.6 is 0 Å².